The molecule has 2 rings (SSSR count). The molecule has 0 aliphatic carbocycles. The van der Waals surface area contributed by atoms with Gasteiger partial charge in [-0.05, 0) is 13.8 Å². The maximum Gasteiger partial charge on any atom is 0.247 e. The van der Waals surface area contributed by atoms with Crippen molar-refractivity contribution in [2.24, 2.45) is 0 Å². The number of hydrogen-bond acceptors (Lipinski definition) is 5. The monoisotopic (exact) mass is 267 g/mol. The Morgan fingerprint density at radius 2 is 2.11 bits per heavy atom. The van der Waals surface area contributed by atoms with Gasteiger partial charge in [0.15, 0.2) is 11.6 Å². The van der Waals surface area contributed by atoms with Gasteiger partial charge in [-0.25, -0.2) is 9.37 Å². The number of anilines is 2. The van der Waals surface area contributed by atoms with Gasteiger partial charge in [-0.15, -0.1) is 0 Å². The Labute approximate surface area is 111 Å². The van der Waals surface area contributed by atoms with Crippen molar-refractivity contribution in [2.75, 3.05) is 37.4 Å². The van der Waals surface area contributed by atoms with E-state index in [1.54, 1.807) is 37.7 Å². The van der Waals surface area contributed by atoms with Crippen LogP contribution in [0.5, 0.6) is 0 Å². The van der Waals surface area contributed by atoms with Gasteiger partial charge in [0.2, 0.25) is 11.9 Å². The van der Waals surface area contributed by atoms with E-state index in [1.165, 1.54) is 0 Å². The first-order chi connectivity index (χ1) is 8.87. The summed E-state index contributed by atoms with van der Waals surface area (Å²) in [5, 5.41) is 2.77. The number of amides is 1. The van der Waals surface area contributed by atoms with Gasteiger partial charge in [0, 0.05) is 27.2 Å². The van der Waals surface area contributed by atoms with Gasteiger partial charge in [-0.1, -0.05) is 0 Å². The molecular formula is C12H18FN5O. The van der Waals surface area contributed by atoms with Crippen LogP contribution < -0.4 is 10.2 Å². The number of nitrogens with one attached hydrogen (secondary N) is 1. The molecule has 1 aromatic heterocycles. The third kappa shape index (κ3) is 2.20. The Morgan fingerprint density at radius 1 is 1.42 bits per heavy atom. The Balaban J connectivity index is 2.43. The summed E-state index contributed by atoms with van der Waals surface area (Å²) in [6.45, 7) is 4.62. The van der Waals surface area contributed by atoms with E-state index in [-0.39, 0.29) is 11.7 Å². The topological polar surface area (TPSA) is 61.4 Å². The van der Waals surface area contributed by atoms with Crippen molar-refractivity contribution in [2.45, 2.75) is 19.4 Å². The number of carbonyl (C=O) groups is 1. The Morgan fingerprint density at radius 3 is 2.74 bits per heavy atom. The molecule has 0 radical (unpaired) electrons. The van der Waals surface area contributed by atoms with Crippen LogP contribution in [0, 0.1) is 5.82 Å². The summed E-state index contributed by atoms with van der Waals surface area (Å²) in [6.07, 6.45) is 1.12. The lowest BCUT2D eigenvalue weighted by Gasteiger charge is -2.45. The van der Waals surface area contributed by atoms with Crippen LogP contribution in [0.15, 0.2) is 6.20 Å². The highest BCUT2D eigenvalue weighted by Crippen LogP contribution is 2.29. The average molecular weight is 267 g/mol. The van der Waals surface area contributed by atoms with Gasteiger partial charge >= 0.3 is 0 Å². The van der Waals surface area contributed by atoms with Crippen LogP contribution in [0.2, 0.25) is 0 Å². The van der Waals surface area contributed by atoms with Crippen LogP contribution in [0.1, 0.15) is 13.8 Å². The second-order valence-corrected chi connectivity index (χ2v) is 5.05. The van der Waals surface area contributed by atoms with E-state index in [9.17, 15) is 9.18 Å². The van der Waals surface area contributed by atoms with E-state index < -0.39 is 11.4 Å². The van der Waals surface area contributed by atoms with Crippen molar-refractivity contribution in [1.82, 2.24) is 14.9 Å². The fourth-order valence-corrected chi connectivity index (χ4v) is 2.25. The summed E-state index contributed by atoms with van der Waals surface area (Å²) in [5.74, 6) is -0.0865. The summed E-state index contributed by atoms with van der Waals surface area (Å²) < 4.78 is 13.9. The Bertz CT molecular complexity index is 505. The summed E-state index contributed by atoms with van der Waals surface area (Å²) in [6, 6.07) is 0. The highest BCUT2D eigenvalue weighted by atomic mass is 19.1. The number of aromatic nitrogens is 2. The zero-order chi connectivity index (χ0) is 14.2. The first kappa shape index (κ1) is 13.5. The van der Waals surface area contributed by atoms with Crippen LogP contribution in [-0.2, 0) is 4.79 Å². The highest BCUT2D eigenvalue weighted by Gasteiger charge is 2.42. The van der Waals surface area contributed by atoms with Gasteiger partial charge in [0.05, 0.1) is 6.20 Å². The van der Waals surface area contributed by atoms with E-state index in [0.717, 1.165) is 6.20 Å². The van der Waals surface area contributed by atoms with Crippen molar-refractivity contribution < 1.29 is 9.18 Å². The van der Waals surface area contributed by atoms with Crippen LogP contribution in [0.3, 0.4) is 0 Å². The molecule has 1 saturated heterocycles. The van der Waals surface area contributed by atoms with E-state index in [1.807, 2.05) is 0 Å². The number of piperazine rings is 1. The van der Waals surface area contributed by atoms with Crippen LogP contribution in [-0.4, -0.2) is 53.5 Å². The van der Waals surface area contributed by atoms with E-state index in [0.29, 0.717) is 19.0 Å². The predicted molar refractivity (Wildman–Crippen MR) is 70.6 cm³/mol. The van der Waals surface area contributed by atoms with Crippen molar-refractivity contribution in [3.8, 4) is 0 Å². The smallest absolute Gasteiger partial charge is 0.247 e. The number of nitrogens with zero attached hydrogens (tertiary/aromatic N) is 4. The summed E-state index contributed by atoms with van der Waals surface area (Å²) >= 11 is 0. The molecule has 104 valence electrons. The molecule has 1 aliphatic rings. The lowest BCUT2D eigenvalue weighted by Crippen LogP contribution is -2.62. The minimum Gasteiger partial charge on any atom is -0.357 e. The Hall–Kier alpha value is -1.92. The van der Waals surface area contributed by atoms with Crippen molar-refractivity contribution in [3.63, 3.8) is 0 Å². The van der Waals surface area contributed by atoms with Crippen molar-refractivity contribution >= 4 is 17.7 Å². The van der Waals surface area contributed by atoms with Gasteiger partial charge in [-0.2, -0.15) is 4.98 Å². The number of carbonyl (C=O) groups excluding carboxylic acids is 1. The molecule has 0 bridgehead atoms. The van der Waals surface area contributed by atoms with Gasteiger partial charge in [0.1, 0.15) is 5.54 Å². The second-order valence-electron chi connectivity index (χ2n) is 5.05. The molecule has 1 aromatic rings. The molecule has 0 saturated carbocycles. The lowest BCUT2D eigenvalue weighted by atomic mass is 9.98. The normalized spacial score (nSPS) is 18.7. The minimum atomic E-state index is -0.826. The quantitative estimate of drug-likeness (QED) is 0.855. The third-order valence-corrected chi connectivity index (χ3v) is 3.41. The molecule has 1 N–H and O–H groups in total. The van der Waals surface area contributed by atoms with Gasteiger partial charge in [0.25, 0.3) is 0 Å². The van der Waals surface area contributed by atoms with E-state index in [2.05, 4.69) is 15.3 Å². The maximum absolute atomic E-state index is 13.9. The molecule has 0 atom stereocenters. The van der Waals surface area contributed by atoms with Crippen LogP contribution >= 0.6 is 0 Å². The molecule has 0 aromatic carbocycles. The molecule has 19 heavy (non-hydrogen) atoms. The first-order valence-corrected chi connectivity index (χ1v) is 6.11. The second kappa shape index (κ2) is 4.64. The minimum absolute atomic E-state index is 0.0530. The van der Waals surface area contributed by atoms with Crippen molar-refractivity contribution in [1.29, 1.82) is 0 Å². The summed E-state index contributed by atoms with van der Waals surface area (Å²) in [4.78, 5) is 23.5. The van der Waals surface area contributed by atoms with Crippen molar-refractivity contribution in [3.05, 3.63) is 12.0 Å². The fourth-order valence-electron chi connectivity index (χ4n) is 2.25. The molecule has 1 fully saturated rings. The van der Waals surface area contributed by atoms with E-state index >= 15 is 0 Å². The number of halogens is 1. The van der Waals surface area contributed by atoms with E-state index in [4.69, 9.17) is 0 Å². The van der Waals surface area contributed by atoms with Crippen LogP contribution in [0.25, 0.3) is 0 Å². The number of rotatable bonds is 2. The standard InChI is InChI=1S/C12H18FN5O/c1-12(2)10(19)17(4)5-6-18(12)9-8(13)7-15-11(14-3)16-9/h7H,5-6H2,1-4H3,(H,14,15,16). The molecular weight excluding hydrogens is 249 g/mol. The molecule has 7 heteroatoms. The zero-order valence-electron chi connectivity index (χ0n) is 11.6. The first-order valence-electron chi connectivity index (χ1n) is 6.11. The zero-order valence-corrected chi connectivity index (χ0v) is 11.6. The lowest BCUT2D eigenvalue weighted by molar-refractivity contribution is -0.136. The fraction of sp³-hybridized carbons (Fsp3) is 0.583. The SMILES string of the molecule is CNc1ncc(F)c(N2CCN(C)C(=O)C2(C)C)n1. The van der Waals surface area contributed by atoms with Crippen LogP contribution in [0.4, 0.5) is 16.2 Å². The third-order valence-electron chi connectivity index (χ3n) is 3.41. The van der Waals surface area contributed by atoms with Gasteiger partial charge in [-0.3, -0.25) is 4.79 Å². The summed E-state index contributed by atoms with van der Waals surface area (Å²) in [7, 11) is 3.41. The number of hydrogen-bond donors (Lipinski definition) is 1. The average Bonchev–Trinajstić information content (AvgIpc) is 2.38. The molecule has 0 unspecified atom stereocenters. The van der Waals surface area contributed by atoms with Gasteiger partial charge < -0.3 is 15.1 Å². The molecule has 2 heterocycles. The molecule has 1 amide bonds. The Kier molecular flexibility index (Phi) is 3.30. The largest absolute Gasteiger partial charge is 0.357 e. The molecule has 0 spiro atoms. The summed E-state index contributed by atoms with van der Waals surface area (Å²) in [5.41, 5.74) is -0.826. The molecule has 6 nitrogen and oxygen atoms in total. The maximum atomic E-state index is 13.9. The molecule has 1 aliphatic heterocycles. The highest BCUT2D eigenvalue weighted by molar-refractivity contribution is 5.90. The predicted octanol–water partition coefficient (Wildman–Crippen LogP) is 0.714. The number of likely N-dealkylation sites (N-methyl/N-ethyl adjacent to an activating group) is 1.